The summed E-state index contributed by atoms with van der Waals surface area (Å²) in [6, 6.07) is 17.0. The fourth-order valence-electron chi connectivity index (χ4n) is 5.73. The summed E-state index contributed by atoms with van der Waals surface area (Å²) in [4.78, 5) is 5.25. The van der Waals surface area contributed by atoms with Crippen molar-refractivity contribution in [2.24, 2.45) is 0 Å². The molecule has 0 fully saturated rings. The smallest absolute Gasteiger partial charge is 0.135 e. The van der Waals surface area contributed by atoms with Crippen LogP contribution in [0.1, 0.15) is 61.2 Å². The summed E-state index contributed by atoms with van der Waals surface area (Å²) >= 11 is 0. The van der Waals surface area contributed by atoms with Gasteiger partial charge in [-0.25, -0.2) is 13.2 Å². The number of hydrogen-bond donors (Lipinski definition) is 2. The SMILES string of the molecule is C[C@@H]1Cc2c([nH]c3ccccc23)[C@@H](c2c(F)cc(OCc3cccc(CCCO)c3)cc2F)N1CC(C)(C)F. The van der Waals surface area contributed by atoms with Gasteiger partial charge in [-0.05, 0) is 62.8 Å². The Labute approximate surface area is 227 Å². The molecule has 1 aromatic heterocycles. The Bertz CT molecular complexity index is 1440. The molecule has 0 saturated carbocycles. The zero-order chi connectivity index (χ0) is 27.7. The molecule has 39 heavy (non-hydrogen) atoms. The minimum atomic E-state index is -1.56. The van der Waals surface area contributed by atoms with Gasteiger partial charge >= 0.3 is 0 Å². The molecule has 2 heterocycles. The van der Waals surface area contributed by atoms with Gasteiger partial charge in [0.2, 0.25) is 0 Å². The molecule has 206 valence electrons. The number of ether oxygens (including phenoxy) is 1. The molecule has 0 radical (unpaired) electrons. The van der Waals surface area contributed by atoms with Gasteiger partial charge in [-0.1, -0.05) is 42.5 Å². The minimum absolute atomic E-state index is 0.0252. The maximum absolute atomic E-state index is 15.8. The topological polar surface area (TPSA) is 48.5 Å². The van der Waals surface area contributed by atoms with E-state index in [0.717, 1.165) is 34.0 Å². The number of halogens is 3. The van der Waals surface area contributed by atoms with Gasteiger partial charge in [0.15, 0.2) is 0 Å². The van der Waals surface area contributed by atoms with Crippen molar-refractivity contribution in [1.82, 2.24) is 9.88 Å². The zero-order valence-corrected chi connectivity index (χ0v) is 22.6. The van der Waals surface area contributed by atoms with E-state index in [2.05, 4.69) is 4.98 Å². The fraction of sp³-hybridized carbons (Fsp3) is 0.375. The number of benzene rings is 3. The van der Waals surface area contributed by atoms with Crippen LogP contribution in [0.2, 0.25) is 0 Å². The first kappa shape index (κ1) is 27.3. The van der Waals surface area contributed by atoms with E-state index >= 15 is 8.78 Å². The highest BCUT2D eigenvalue weighted by Crippen LogP contribution is 2.43. The second-order valence-corrected chi connectivity index (χ2v) is 11.1. The number of fused-ring (bicyclic) bond motifs is 3. The number of aliphatic hydroxyl groups is 1. The van der Waals surface area contributed by atoms with Crippen LogP contribution in [0.3, 0.4) is 0 Å². The molecule has 2 N–H and O–H groups in total. The first-order valence-electron chi connectivity index (χ1n) is 13.5. The third-order valence-electron chi connectivity index (χ3n) is 7.42. The molecule has 0 spiro atoms. The molecule has 2 atom stereocenters. The third-order valence-corrected chi connectivity index (χ3v) is 7.42. The molecular formula is C32H35F3N2O2. The largest absolute Gasteiger partial charge is 0.489 e. The zero-order valence-electron chi connectivity index (χ0n) is 22.6. The highest BCUT2D eigenvalue weighted by Gasteiger charge is 2.41. The van der Waals surface area contributed by atoms with E-state index in [9.17, 15) is 4.39 Å². The van der Waals surface area contributed by atoms with Crippen molar-refractivity contribution in [3.63, 3.8) is 0 Å². The Hall–Kier alpha value is -3.29. The van der Waals surface area contributed by atoms with Gasteiger partial charge in [0.05, 0.1) is 6.04 Å². The molecule has 0 aliphatic carbocycles. The molecule has 3 aromatic carbocycles. The Morgan fingerprint density at radius 2 is 1.74 bits per heavy atom. The van der Waals surface area contributed by atoms with Crippen LogP contribution < -0.4 is 4.74 Å². The standard InChI is InChI=1S/C32H35F3N2O2/c1-20-14-25-24-11-4-5-12-28(24)36-30(25)31(37(20)19-32(2,3)35)29-26(33)16-23(17-27(29)34)39-18-22-9-6-8-21(15-22)10-7-13-38/h4-6,8-9,11-12,15-17,20,31,36,38H,7,10,13-14,18-19H2,1-3H3/t20-,31-/m1/s1. The summed E-state index contributed by atoms with van der Waals surface area (Å²) in [7, 11) is 0. The molecule has 0 bridgehead atoms. The van der Waals surface area contributed by atoms with Gasteiger partial charge in [-0.15, -0.1) is 0 Å². The maximum Gasteiger partial charge on any atom is 0.135 e. The lowest BCUT2D eigenvalue weighted by Gasteiger charge is -2.43. The number of H-pyrrole nitrogens is 1. The molecule has 0 amide bonds. The van der Waals surface area contributed by atoms with Gasteiger partial charge in [-0.2, -0.15) is 0 Å². The van der Waals surface area contributed by atoms with E-state index in [-0.39, 0.29) is 37.1 Å². The summed E-state index contributed by atoms with van der Waals surface area (Å²) in [5.74, 6) is -1.37. The highest BCUT2D eigenvalue weighted by molar-refractivity contribution is 5.85. The number of alkyl halides is 1. The lowest BCUT2D eigenvalue weighted by molar-refractivity contribution is 0.0642. The van der Waals surface area contributed by atoms with Crippen LogP contribution >= 0.6 is 0 Å². The second-order valence-electron chi connectivity index (χ2n) is 11.1. The molecular weight excluding hydrogens is 501 g/mol. The number of hydrogen-bond acceptors (Lipinski definition) is 3. The van der Waals surface area contributed by atoms with Crippen LogP contribution in [0.15, 0.2) is 60.7 Å². The predicted molar refractivity (Wildman–Crippen MR) is 148 cm³/mol. The first-order valence-corrected chi connectivity index (χ1v) is 13.5. The van der Waals surface area contributed by atoms with Gasteiger partial charge in [0, 0.05) is 53.5 Å². The van der Waals surface area contributed by atoms with Gasteiger partial charge in [0.1, 0.15) is 29.7 Å². The Morgan fingerprint density at radius 3 is 2.46 bits per heavy atom. The molecule has 4 aromatic rings. The molecule has 0 unspecified atom stereocenters. The van der Waals surface area contributed by atoms with Gasteiger partial charge < -0.3 is 14.8 Å². The minimum Gasteiger partial charge on any atom is -0.489 e. The summed E-state index contributed by atoms with van der Waals surface area (Å²) in [5.41, 5.74) is 2.86. The summed E-state index contributed by atoms with van der Waals surface area (Å²) in [6.45, 7) is 5.24. The summed E-state index contributed by atoms with van der Waals surface area (Å²) < 4.78 is 52.4. The quantitative estimate of drug-likeness (QED) is 0.241. The summed E-state index contributed by atoms with van der Waals surface area (Å²) in [5, 5.41) is 10.1. The molecule has 1 aliphatic rings. The number of aromatic nitrogens is 1. The van der Waals surface area contributed by atoms with Crippen molar-refractivity contribution < 1.29 is 23.0 Å². The van der Waals surface area contributed by atoms with Crippen molar-refractivity contribution >= 4 is 10.9 Å². The molecule has 5 rings (SSSR count). The van der Waals surface area contributed by atoms with Gasteiger partial charge in [-0.3, -0.25) is 4.90 Å². The Kier molecular flexibility index (Phi) is 7.74. The van der Waals surface area contributed by atoms with Crippen molar-refractivity contribution in [1.29, 1.82) is 0 Å². The molecule has 7 heteroatoms. The molecule has 0 saturated heterocycles. The second kappa shape index (κ2) is 11.1. The molecule has 4 nitrogen and oxygen atoms in total. The van der Waals surface area contributed by atoms with E-state index in [1.165, 1.54) is 26.0 Å². The van der Waals surface area contributed by atoms with Crippen molar-refractivity contribution in [3.8, 4) is 5.75 Å². The normalized spacial score (nSPS) is 17.9. The van der Waals surface area contributed by atoms with Crippen molar-refractivity contribution in [3.05, 3.63) is 100 Å². The van der Waals surface area contributed by atoms with Gasteiger partial charge in [0.25, 0.3) is 0 Å². The predicted octanol–water partition coefficient (Wildman–Crippen LogP) is 7.03. The van der Waals surface area contributed by atoms with Crippen molar-refractivity contribution in [2.75, 3.05) is 13.2 Å². The van der Waals surface area contributed by atoms with Crippen LogP contribution in [0.25, 0.3) is 10.9 Å². The fourth-order valence-corrected chi connectivity index (χ4v) is 5.73. The third kappa shape index (κ3) is 5.85. The maximum atomic E-state index is 15.8. The number of rotatable bonds is 9. The van der Waals surface area contributed by atoms with E-state index in [1.54, 1.807) is 0 Å². The first-order chi connectivity index (χ1) is 18.6. The number of aliphatic hydroxyl groups excluding tert-OH is 1. The molecule has 1 aliphatic heterocycles. The van der Waals surface area contributed by atoms with E-state index in [4.69, 9.17) is 9.84 Å². The van der Waals surface area contributed by atoms with Crippen LogP contribution in [0, 0.1) is 11.6 Å². The number of para-hydroxylation sites is 1. The van der Waals surface area contributed by atoms with Crippen LogP contribution in [-0.4, -0.2) is 39.9 Å². The van der Waals surface area contributed by atoms with E-state index in [1.807, 2.05) is 60.4 Å². The number of nitrogens with zero attached hydrogens (tertiary/aromatic N) is 1. The lowest BCUT2D eigenvalue weighted by atomic mass is 9.87. The van der Waals surface area contributed by atoms with E-state index < -0.39 is 23.3 Å². The average Bonchev–Trinajstić information content (AvgIpc) is 3.25. The Balaban J connectivity index is 1.49. The lowest BCUT2D eigenvalue weighted by Crippen LogP contribution is -2.48. The number of aryl methyl sites for hydroxylation is 1. The summed E-state index contributed by atoms with van der Waals surface area (Å²) in [6.07, 6.45) is 2.05. The average molecular weight is 537 g/mol. The number of aromatic amines is 1. The van der Waals surface area contributed by atoms with E-state index in [0.29, 0.717) is 18.5 Å². The number of nitrogens with one attached hydrogen (secondary N) is 1. The van der Waals surface area contributed by atoms with Crippen LogP contribution in [0.4, 0.5) is 13.2 Å². The monoisotopic (exact) mass is 536 g/mol. The van der Waals surface area contributed by atoms with Crippen molar-refractivity contribution in [2.45, 2.75) is 64.4 Å². The highest BCUT2D eigenvalue weighted by atomic mass is 19.1. The van der Waals surface area contributed by atoms with Crippen LogP contribution in [-0.2, 0) is 19.4 Å². The Morgan fingerprint density at radius 1 is 1.03 bits per heavy atom. The van der Waals surface area contributed by atoms with Crippen LogP contribution in [0.5, 0.6) is 5.75 Å².